The zero-order valence-corrected chi connectivity index (χ0v) is 24.1. The molecule has 0 N–H and O–H groups in total. The number of rotatable bonds is 2. The summed E-state index contributed by atoms with van der Waals surface area (Å²) in [7, 11) is 0. The van der Waals surface area contributed by atoms with Gasteiger partial charge in [0.05, 0.1) is 0 Å². The van der Waals surface area contributed by atoms with Crippen LogP contribution in [0.25, 0.3) is 16.7 Å². The van der Waals surface area contributed by atoms with E-state index in [0.717, 1.165) is 0 Å². The molecule has 0 saturated heterocycles. The van der Waals surface area contributed by atoms with Crippen LogP contribution in [-0.2, 0) is 0 Å². The third-order valence-corrected chi connectivity index (χ3v) is 9.48. The summed E-state index contributed by atoms with van der Waals surface area (Å²) >= 11 is 0. The molecule has 4 aliphatic carbocycles. The van der Waals surface area contributed by atoms with Crippen LogP contribution in [0.2, 0.25) is 0 Å². The third-order valence-electron chi connectivity index (χ3n) is 9.48. The lowest BCUT2D eigenvalue weighted by molar-refractivity contribution is 0.247. The minimum absolute atomic E-state index is 0.0678. The van der Waals surface area contributed by atoms with E-state index in [2.05, 4.69) is 139 Å². The first-order valence-electron chi connectivity index (χ1n) is 13.9. The lowest BCUT2D eigenvalue weighted by Gasteiger charge is -2.58. The first-order valence-corrected chi connectivity index (χ1v) is 13.9. The number of aromatic nitrogens is 1. The highest BCUT2D eigenvalue weighted by atomic mass is 14.6. The fourth-order valence-electron chi connectivity index (χ4n) is 6.64. The number of hydrogen-bond donors (Lipinski definition) is 0. The largest absolute Gasteiger partial charge is 0.265 e. The molecule has 0 bridgehead atoms. The Bertz CT molecular complexity index is 1550. The molecule has 1 aromatic carbocycles. The van der Waals surface area contributed by atoms with E-state index < -0.39 is 0 Å². The molecule has 1 heterocycles. The summed E-state index contributed by atoms with van der Waals surface area (Å²) in [5, 5.41) is 0. The number of nitrogens with zero attached hydrogens (tertiary/aromatic N) is 1. The second-order valence-corrected chi connectivity index (χ2v) is 13.7. The van der Waals surface area contributed by atoms with Crippen LogP contribution < -0.4 is 0 Å². The van der Waals surface area contributed by atoms with Crippen molar-refractivity contribution in [2.75, 3.05) is 0 Å². The van der Waals surface area contributed by atoms with Gasteiger partial charge in [0, 0.05) is 23.2 Å². The van der Waals surface area contributed by atoms with Gasteiger partial charge in [0.15, 0.2) is 0 Å². The smallest absolute Gasteiger partial charge is 0.0315 e. The highest BCUT2D eigenvalue weighted by molar-refractivity contribution is 5.88. The van der Waals surface area contributed by atoms with Crippen molar-refractivity contribution >= 4 is 5.57 Å². The first-order chi connectivity index (χ1) is 17.8. The van der Waals surface area contributed by atoms with Crippen LogP contribution in [0.15, 0.2) is 125 Å². The molecular formula is C37H39N. The molecule has 38 heavy (non-hydrogen) atoms. The van der Waals surface area contributed by atoms with Gasteiger partial charge in [-0.05, 0) is 84.7 Å². The molecule has 0 saturated carbocycles. The molecule has 0 unspecified atom stereocenters. The van der Waals surface area contributed by atoms with E-state index in [4.69, 9.17) is 0 Å². The van der Waals surface area contributed by atoms with E-state index in [1.54, 1.807) is 0 Å². The summed E-state index contributed by atoms with van der Waals surface area (Å²) in [5.41, 5.74) is 13.4. The Hall–Kier alpha value is -3.45. The highest BCUT2D eigenvalue weighted by Gasteiger charge is 2.57. The predicted molar refractivity (Wildman–Crippen MR) is 161 cm³/mol. The third kappa shape index (κ3) is 3.48. The summed E-state index contributed by atoms with van der Waals surface area (Å²) in [4.78, 5) is 4.19. The van der Waals surface area contributed by atoms with Crippen molar-refractivity contribution in [3.05, 3.63) is 130 Å². The minimum atomic E-state index is -0.147. The molecule has 0 fully saturated rings. The minimum Gasteiger partial charge on any atom is -0.265 e. The van der Waals surface area contributed by atoms with E-state index in [1.165, 1.54) is 55.7 Å². The van der Waals surface area contributed by atoms with Crippen molar-refractivity contribution in [1.82, 2.24) is 4.98 Å². The number of benzene rings is 1. The molecular weight excluding hydrogens is 458 g/mol. The molecule has 0 radical (unpaired) electrons. The van der Waals surface area contributed by atoms with E-state index in [9.17, 15) is 0 Å². The Morgan fingerprint density at radius 3 is 1.61 bits per heavy atom. The molecule has 1 nitrogen and oxygen atoms in total. The second-order valence-electron chi connectivity index (χ2n) is 13.7. The molecule has 2 atom stereocenters. The van der Waals surface area contributed by atoms with Crippen LogP contribution in [0, 0.1) is 21.7 Å². The van der Waals surface area contributed by atoms with Gasteiger partial charge in [-0.2, -0.15) is 0 Å². The van der Waals surface area contributed by atoms with Gasteiger partial charge < -0.3 is 0 Å². The molecule has 1 aromatic heterocycles. The molecule has 2 aromatic rings. The van der Waals surface area contributed by atoms with Crippen molar-refractivity contribution in [2.45, 2.75) is 55.4 Å². The van der Waals surface area contributed by atoms with Crippen LogP contribution in [0.4, 0.5) is 0 Å². The van der Waals surface area contributed by atoms with Crippen LogP contribution in [0.5, 0.6) is 0 Å². The zero-order valence-electron chi connectivity index (χ0n) is 24.1. The van der Waals surface area contributed by atoms with Crippen molar-refractivity contribution in [3.63, 3.8) is 0 Å². The van der Waals surface area contributed by atoms with E-state index in [-0.39, 0.29) is 21.7 Å². The Morgan fingerprint density at radius 1 is 0.526 bits per heavy atom. The SMILES string of the molecule is CC(C)(C)C1=CC2=CC(c3ccc(-c4ccncc4)cc3)=C3C=C(C(C)(C)C)C=C4C=CC(=C1)[C@]2(C)[C@@]43C. The topological polar surface area (TPSA) is 12.9 Å². The van der Waals surface area contributed by atoms with Gasteiger partial charge in [0.25, 0.3) is 0 Å². The average molecular weight is 498 g/mol. The number of hydrogen-bond acceptors (Lipinski definition) is 1. The Morgan fingerprint density at radius 2 is 1.03 bits per heavy atom. The summed E-state index contributed by atoms with van der Waals surface area (Å²) < 4.78 is 0. The van der Waals surface area contributed by atoms with Gasteiger partial charge in [0.1, 0.15) is 0 Å². The van der Waals surface area contributed by atoms with E-state index in [0.29, 0.717) is 0 Å². The molecule has 0 amide bonds. The quantitative estimate of drug-likeness (QED) is 0.402. The normalized spacial score (nSPS) is 26.2. The lowest BCUT2D eigenvalue weighted by Crippen LogP contribution is -2.48. The summed E-state index contributed by atoms with van der Waals surface area (Å²) in [6, 6.07) is 13.3. The summed E-state index contributed by atoms with van der Waals surface area (Å²) in [5.74, 6) is 0. The van der Waals surface area contributed by atoms with Gasteiger partial charge in [-0.25, -0.2) is 0 Å². The van der Waals surface area contributed by atoms with Crippen LogP contribution in [0.1, 0.15) is 61.0 Å². The maximum absolute atomic E-state index is 4.19. The van der Waals surface area contributed by atoms with Gasteiger partial charge in [-0.3, -0.25) is 4.98 Å². The number of pyridine rings is 1. The van der Waals surface area contributed by atoms with Gasteiger partial charge in [-0.15, -0.1) is 0 Å². The zero-order chi connectivity index (χ0) is 27.1. The van der Waals surface area contributed by atoms with Crippen molar-refractivity contribution in [3.8, 4) is 11.1 Å². The maximum Gasteiger partial charge on any atom is 0.0315 e. The Balaban J connectivity index is 1.63. The fraction of sp³-hybridized carbons (Fsp3) is 0.324. The van der Waals surface area contributed by atoms with Gasteiger partial charge >= 0.3 is 0 Å². The highest BCUT2D eigenvalue weighted by Crippen LogP contribution is 2.68. The predicted octanol–water partition coefficient (Wildman–Crippen LogP) is 9.85. The van der Waals surface area contributed by atoms with Gasteiger partial charge in [-0.1, -0.05) is 116 Å². The molecule has 4 aliphatic rings. The number of allylic oxidation sites excluding steroid dienone is 14. The molecule has 192 valence electrons. The Labute approximate surface area is 228 Å². The summed E-state index contributed by atoms with van der Waals surface area (Å²) in [6.45, 7) is 18.9. The maximum atomic E-state index is 4.19. The van der Waals surface area contributed by atoms with Crippen LogP contribution in [0.3, 0.4) is 0 Å². The molecule has 6 rings (SSSR count). The van der Waals surface area contributed by atoms with Crippen LogP contribution >= 0.6 is 0 Å². The fourth-order valence-corrected chi connectivity index (χ4v) is 6.64. The monoisotopic (exact) mass is 497 g/mol. The second kappa shape index (κ2) is 8.03. The van der Waals surface area contributed by atoms with E-state index >= 15 is 0 Å². The average Bonchev–Trinajstić information content (AvgIpc) is 2.86. The molecule has 0 aliphatic heterocycles. The summed E-state index contributed by atoms with van der Waals surface area (Å²) in [6.07, 6.45) is 20.9. The Kier molecular flexibility index (Phi) is 5.25. The van der Waals surface area contributed by atoms with E-state index in [1.807, 2.05) is 12.4 Å². The van der Waals surface area contributed by atoms with Crippen molar-refractivity contribution in [1.29, 1.82) is 0 Å². The van der Waals surface area contributed by atoms with Crippen LogP contribution in [-0.4, -0.2) is 4.98 Å². The standard InChI is InChI=1S/C37H39N/c1-34(2,3)29-19-27-13-14-28-20-30(35(4,5)6)23-33-32(22-31(21-29)36(27,7)37(28,33)8)26-11-9-24(10-12-26)25-15-17-38-18-16-25/h9-23H,1-8H3/t36-,37-/m0/s1. The van der Waals surface area contributed by atoms with Gasteiger partial charge in [0.2, 0.25) is 0 Å². The molecule has 0 spiro atoms. The van der Waals surface area contributed by atoms with Crippen molar-refractivity contribution < 1.29 is 0 Å². The lowest BCUT2D eigenvalue weighted by atomic mass is 9.44. The van der Waals surface area contributed by atoms with Crippen molar-refractivity contribution in [2.24, 2.45) is 21.7 Å². The molecule has 1 heteroatoms. The first kappa shape index (κ1) is 24.9.